The third kappa shape index (κ3) is 0.816. The Morgan fingerprint density at radius 3 is 2.62 bits per heavy atom. The highest BCUT2D eigenvalue weighted by atomic mass is 16.3. The Kier molecular flexibility index (Phi) is 1.21. The van der Waals surface area contributed by atoms with Crippen molar-refractivity contribution < 1.29 is 9.90 Å². The molecule has 0 bridgehead atoms. The molecule has 8 heavy (non-hydrogen) atoms. The van der Waals surface area contributed by atoms with E-state index in [9.17, 15) is 4.79 Å². The van der Waals surface area contributed by atoms with E-state index in [0.717, 1.165) is 6.42 Å². The number of hydrogen-bond donors (Lipinski definition) is 2. The van der Waals surface area contributed by atoms with Crippen LogP contribution < -0.4 is 5.73 Å². The van der Waals surface area contributed by atoms with E-state index < -0.39 is 0 Å². The van der Waals surface area contributed by atoms with Gasteiger partial charge in [-0.25, -0.2) is 0 Å². The Labute approximate surface area is 47.5 Å². The van der Waals surface area contributed by atoms with Crippen LogP contribution in [0.4, 0.5) is 0 Å². The Balaban J connectivity index is 2.26. The summed E-state index contributed by atoms with van der Waals surface area (Å²) in [6, 6.07) is 0. The van der Waals surface area contributed by atoms with Crippen LogP contribution in [0.3, 0.4) is 0 Å². The quantitative estimate of drug-likeness (QED) is 0.490. The Morgan fingerprint density at radius 2 is 2.50 bits per heavy atom. The minimum Gasteiger partial charge on any atom is -0.396 e. The molecule has 0 radical (unpaired) electrons. The number of amides is 1. The predicted molar refractivity (Wildman–Crippen MR) is 27.9 cm³/mol. The molecule has 1 amide bonds. The van der Waals surface area contributed by atoms with E-state index in [4.69, 9.17) is 10.8 Å². The number of rotatable bonds is 2. The van der Waals surface area contributed by atoms with E-state index in [1.807, 2.05) is 0 Å². The molecule has 1 aliphatic carbocycles. The van der Waals surface area contributed by atoms with Gasteiger partial charge in [0.2, 0.25) is 5.91 Å². The summed E-state index contributed by atoms with van der Waals surface area (Å²) in [5.41, 5.74) is 4.91. The number of nitrogens with two attached hydrogens (primary N) is 1. The second-order valence-electron chi connectivity index (χ2n) is 2.19. The maximum Gasteiger partial charge on any atom is 0.220 e. The smallest absolute Gasteiger partial charge is 0.220 e. The first-order valence-corrected chi connectivity index (χ1v) is 2.66. The number of hydrogen-bond acceptors (Lipinski definition) is 2. The van der Waals surface area contributed by atoms with Crippen LogP contribution in [0.1, 0.15) is 6.42 Å². The molecule has 3 nitrogen and oxygen atoms in total. The van der Waals surface area contributed by atoms with Gasteiger partial charge < -0.3 is 10.8 Å². The van der Waals surface area contributed by atoms with Crippen LogP contribution in [0.25, 0.3) is 0 Å². The van der Waals surface area contributed by atoms with Crippen LogP contribution in [0.15, 0.2) is 0 Å². The van der Waals surface area contributed by atoms with Gasteiger partial charge in [0.25, 0.3) is 0 Å². The molecule has 0 heterocycles. The second kappa shape index (κ2) is 1.74. The topological polar surface area (TPSA) is 63.3 Å². The maximum atomic E-state index is 10.2. The van der Waals surface area contributed by atoms with Gasteiger partial charge >= 0.3 is 0 Å². The van der Waals surface area contributed by atoms with Crippen molar-refractivity contribution in [3.8, 4) is 0 Å². The van der Waals surface area contributed by atoms with Gasteiger partial charge in [0, 0.05) is 12.5 Å². The van der Waals surface area contributed by atoms with E-state index >= 15 is 0 Å². The van der Waals surface area contributed by atoms with Gasteiger partial charge in [-0.2, -0.15) is 0 Å². The summed E-state index contributed by atoms with van der Waals surface area (Å²) in [5, 5.41) is 8.42. The first-order valence-electron chi connectivity index (χ1n) is 2.66. The zero-order valence-electron chi connectivity index (χ0n) is 4.50. The summed E-state index contributed by atoms with van der Waals surface area (Å²) < 4.78 is 0. The van der Waals surface area contributed by atoms with E-state index in [1.165, 1.54) is 0 Å². The SMILES string of the molecule is NC(=O)[C@@H]1C[C@@H]1CO. The highest BCUT2D eigenvalue weighted by Gasteiger charge is 2.40. The standard InChI is InChI=1S/C5H9NO2/c6-5(8)4-1-3(4)2-7/h3-4,7H,1-2H2,(H2,6,8)/t3-,4-/m1/s1. The van der Waals surface area contributed by atoms with Gasteiger partial charge in [-0.1, -0.05) is 0 Å². The molecule has 0 aliphatic heterocycles. The summed E-state index contributed by atoms with van der Waals surface area (Å²) >= 11 is 0. The monoisotopic (exact) mass is 115 g/mol. The van der Waals surface area contributed by atoms with Crippen molar-refractivity contribution in [2.45, 2.75) is 6.42 Å². The van der Waals surface area contributed by atoms with Crippen molar-refractivity contribution in [3.05, 3.63) is 0 Å². The Hall–Kier alpha value is -0.570. The van der Waals surface area contributed by atoms with Crippen LogP contribution >= 0.6 is 0 Å². The zero-order chi connectivity index (χ0) is 6.15. The minimum absolute atomic E-state index is 0.0278. The average molecular weight is 115 g/mol. The third-order valence-electron chi connectivity index (χ3n) is 1.52. The van der Waals surface area contributed by atoms with Crippen LogP contribution in [-0.2, 0) is 4.79 Å². The van der Waals surface area contributed by atoms with E-state index in [2.05, 4.69) is 0 Å². The molecule has 0 saturated heterocycles. The number of carbonyl (C=O) groups excluding carboxylic acids is 1. The van der Waals surface area contributed by atoms with Gasteiger partial charge in [0.15, 0.2) is 0 Å². The van der Waals surface area contributed by atoms with Crippen LogP contribution in [-0.4, -0.2) is 17.6 Å². The molecule has 0 aromatic rings. The lowest BCUT2D eigenvalue weighted by molar-refractivity contribution is -0.119. The highest BCUT2D eigenvalue weighted by molar-refractivity contribution is 5.79. The predicted octanol–water partition coefficient (Wildman–Crippen LogP) is -0.900. The van der Waals surface area contributed by atoms with Gasteiger partial charge in [-0.05, 0) is 12.3 Å². The van der Waals surface area contributed by atoms with Crippen molar-refractivity contribution in [2.75, 3.05) is 6.61 Å². The fraction of sp³-hybridized carbons (Fsp3) is 0.800. The molecule has 3 N–H and O–H groups in total. The van der Waals surface area contributed by atoms with Gasteiger partial charge in [-0.3, -0.25) is 4.79 Å². The molecule has 1 fully saturated rings. The highest BCUT2D eigenvalue weighted by Crippen LogP contribution is 2.36. The number of aliphatic hydroxyl groups is 1. The van der Waals surface area contributed by atoms with Gasteiger partial charge in [-0.15, -0.1) is 0 Å². The average Bonchev–Trinajstić information content (AvgIpc) is 2.42. The Morgan fingerprint density at radius 1 is 1.88 bits per heavy atom. The lowest BCUT2D eigenvalue weighted by Crippen LogP contribution is -2.14. The number of aliphatic hydroxyl groups excluding tert-OH is 1. The maximum absolute atomic E-state index is 10.2. The summed E-state index contributed by atoms with van der Waals surface area (Å²) in [6.45, 7) is 0.105. The fourth-order valence-electron chi connectivity index (χ4n) is 0.798. The number of carbonyl (C=O) groups is 1. The molecule has 1 saturated carbocycles. The van der Waals surface area contributed by atoms with Crippen LogP contribution in [0, 0.1) is 11.8 Å². The lowest BCUT2D eigenvalue weighted by Gasteiger charge is -1.85. The normalized spacial score (nSPS) is 34.6. The minimum atomic E-state index is -0.274. The molecule has 1 aliphatic rings. The van der Waals surface area contributed by atoms with Crippen molar-refractivity contribution >= 4 is 5.91 Å². The van der Waals surface area contributed by atoms with Crippen molar-refractivity contribution in [1.82, 2.24) is 0 Å². The fourth-order valence-corrected chi connectivity index (χ4v) is 0.798. The molecule has 3 heteroatoms. The van der Waals surface area contributed by atoms with Gasteiger partial charge in [0.1, 0.15) is 0 Å². The molecule has 2 atom stereocenters. The molecule has 0 aromatic carbocycles. The summed E-state index contributed by atoms with van der Waals surface area (Å²) in [4.78, 5) is 10.2. The largest absolute Gasteiger partial charge is 0.396 e. The molecule has 46 valence electrons. The molecule has 0 unspecified atom stereocenters. The van der Waals surface area contributed by atoms with Gasteiger partial charge in [0.05, 0.1) is 0 Å². The van der Waals surface area contributed by atoms with E-state index in [1.54, 1.807) is 0 Å². The second-order valence-corrected chi connectivity index (χ2v) is 2.19. The molecular formula is C5H9NO2. The molecular weight excluding hydrogens is 106 g/mol. The Bertz CT molecular complexity index is 113. The lowest BCUT2D eigenvalue weighted by atomic mass is 10.3. The van der Waals surface area contributed by atoms with Crippen LogP contribution in [0.2, 0.25) is 0 Å². The summed E-state index contributed by atoms with van der Waals surface area (Å²) in [7, 11) is 0. The first kappa shape index (κ1) is 5.56. The van der Waals surface area contributed by atoms with Crippen molar-refractivity contribution in [1.29, 1.82) is 0 Å². The zero-order valence-corrected chi connectivity index (χ0v) is 4.50. The summed E-state index contributed by atoms with van der Waals surface area (Å²) in [6.07, 6.45) is 0.784. The molecule has 0 aromatic heterocycles. The number of primary amides is 1. The molecule has 1 rings (SSSR count). The van der Waals surface area contributed by atoms with Crippen molar-refractivity contribution in [2.24, 2.45) is 17.6 Å². The first-order chi connectivity index (χ1) is 3.75. The van der Waals surface area contributed by atoms with E-state index in [-0.39, 0.29) is 24.3 Å². The third-order valence-corrected chi connectivity index (χ3v) is 1.52. The van der Waals surface area contributed by atoms with E-state index in [0.29, 0.717) is 0 Å². The van der Waals surface area contributed by atoms with Crippen molar-refractivity contribution in [3.63, 3.8) is 0 Å². The van der Waals surface area contributed by atoms with Crippen LogP contribution in [0.5, 0.6) is 0 Å². The summed E-state index contributed by atoms with van der Waals surface area (Å²) in [5.74, 6) is -0.128. The molecule has 0 spiro atoms.